The number of carbonyl (C=O) groups excluding carboxylic acids is 1. The number of aliphatic hydroxyl groups is 7. The fourth-order valence-electron chi connectivity index (χ4n) is 7.98. The van der Waals surface area contributed by atoms with Gasteiger partial charge in [0.1, 0.15) is 36.6 Å². The van der Waals surface area contributed by atoms with Gasteiger partial charge < -0.3 is 50.5 Å². The van der Waals surface area contributed by atoms with Gasteiger partial charge >= 0.3 is 0 Å². The van der Waals surface area contributed by atoms with Gasteiger partial charge in [0.2, 0.25) is 5.91 Å². The molecule has 0 aliphatic carbocycles. The molecule has 8 N–H and O–H groups in total. The van der Waals surface area contributed by atoms with Crippen LogP contribution in [0.4, 0.5) is 0 Å². The zero-order valence-corrected chi connectivity index (χ0v) is 37.7. The van der Waals surface area contributed by atoms with Crippen LogP contribution < -0.4 is 5.32 Å². The number of allylic oxidation sites excluding steroid dienone is 1. The predicted octanol–water partition coefficient (Wildman–Crippen LogP) is 8.45. The number of hydrogen-bond donors (Lipinski definition) is 8. The molecule has 0 aromatic carbocycles. The summed E-state index contributed by atoms with van der Waals surface area (Å²) >= 11 is 0. The van der Waals surface area contributed by atoms with Gasteiger partial charge in [-0.1, -0.05) is 206 Å². The number of rotatable bonds is 41. The van der Waals surface area contributed by atoms with Crippen molar-refractivity contribution in [3.05, 3.63) is 12.2 Å². The van der Waals surface area contributed by atoms with Crippen LogP contribution in [0.15, 0.2) is 12.2 Å². The fourth-order valence-corrected chi connectivity index (χ4v) is 7.98. The van der Waals surface area contributed by atoms with Gasteiger partial charge in [-0.3, -0.25) is 4.79 Å². The van der Waals surface area contributed by atoms with E-state index in [1.807, 2.05) is 6.08 Å². The van der Waals surface area contributed by atoms with Crippen molar-refractivity contribution in [2.24, 2.45) is 0 Å². The Labute approximate surface area is 360 Å². The molecule has 1 saturated heterocycles. The average molecular weight is 844 g/mol. The Morgan fingerprint density at radius 1 is 0.593 bits per heavy atom. The number of aliphatic hydroxyl groups excluding tert-OH is 7. The first-order valence-electron chi connectivity index (χ1n) is 24.6. The largest absolute Gasteiger partial charge is 0.394 e. The van der Waals surface area contributed by atoms with E-state index in [2.05, 4.69) is 19.2 Å². The van der Waals surface area contributed by atoms with Crippen LogP contribution in [-0.2, 0) is 14.3 Å². The summed E-state index contributed by atoms with van der Waals surface area (Å²) in [5.41, 5.74) is 0. The van der Waals surface area contributed by atoms with Gasteiger partial charge in [-0.15, -0.1) is 0 Å². The highest BCUT2D eigenvalue weighted by atomic mass is 16.7. The molecule has 11 heteroatoms. The molecule has 1 heterocycles. The molecule has 59 heavy (non-hydrogen) atoms. The third-order valence-corrected chi connectivity index (χ3v) is 12.1. The van der Waals surface area contributed by atoms with E-state index in [0.29, 0.717) is 12.8 Å². The van der Waals surface area contributed by atoms with Crippen LogP contribution in [0.2, 0.25) is 0 Å². The highest BCUT2D eigenvalue weighted by Crippen LogP contribution is 2.23. The molecule has 9 unspecified atom stereocenters. The Hall–Kier alpha value is -1.15. The predicted molar refractivity (Wildman–Crippen MR) is 238 cm³/mol. The molecule has 1 aliphatic heterocycles. The molecule has 1 fully saturated rings. The molecule has 1 rings (SSSR count). The maximum atomic E-state index is 13.1. The second kappa shape index (κ2) is 38.5. The number of unbranched alkanes of at least 4 members (excludes halogenated alkanes) is 28. The molecular weight excluding hydrogens is 751 g/mol. The van der Waals surface area contributed by atoms with Crippen molar-refractivity contribution in [3.63, 3.8) is 0 Å². The van der Waals surface area contributed by atoms with E-state index in [0.717, 1.165) is 38.5 Å². The lowest BCUT2D eigenvalue weighted by Gasteiger charge is -2.40. The summed E-state index contributed by atoms with van der Waals surface area (Å²) in [5.74, 6) is -0.744. The molecule has 0 aromatic heterocycles. The quantitative estimate of drug-likeness (QED) is 0.0219. The number of nitrogens with one attached hydrogen (secondary N) is 1. The highest BCUT2D eigenvalue weighted by Gasteiger charge is 2.44. The van der Waals surface area contributed by atoms with Crippen LogP contribution in [0.25, 0.3) is 0 Å². The Kier molecular flexibility index (Phi) is 36.5. The Balaban J connectivity index is 2.41. The van der Waals surface area contributed by atoms with Crippen molar-refractivity contribution in [1.29, 1.82) is 0 Å². The van der Waals surface area contributed by atoms with Gasteiger partial charge in [0.15, 0.2) is 6.29 Å². The van der Waals surface area contributed by atoms with Crippen LogP contribution in [-0.4, -0.2) is 110 Å². The van der Waals surface area contributed by atoms with Gasteiger partial charge in [0.05, 0.1) is 25.4 Å². The lowest BCUT2D eigenvalue weighted by Crippen LogP contribution is -2.60. The second-order valence-corrected chi connectivity index (χ2v) is 17.5. The smallest absolute Gasteiger partial charge is 0.249 e. The monoisotopic (exact) mass is 844 g/mol. The minimum absolute atomic E-state index is 0.0859. The molecule has 1 aliphatic rings. The summed E-state index contributed by atoms with van der Waals surface area (Å²) in [6.45, 7) is 3.42. The van der Waals surface area contributed by atoms with Crippen molar-refractivity contribution in [2.45, 2.75) is 274 Å². The minimum atomic E-state index is -1.66. The van der Waals surface area contributed by atoms with E-state index in [-0.39, 0.29) is 6.42 Å². The molecule has 9 atom stereocenters. The summed E-state index contributed by atoms with van der Waals surface area (Å²) in [4.78, 5) is 13.1. The summed E-state index contributed by atoms with van der Waals surface area (Å²) in [7, 11) is 0. The summed E-state index contributed by atoms with van der Waals surface area (Å²) in [6, 6.07) is -1.18. The van der Waals surface area contributed by atoms with Crippen molar-refractivity contribution in [1.82, 2.24) is 5.32 Å². The van der Waals surface area contributed by atoms with E-state index >= 15 is 0 Å². The summed E-state index contributed by atoms with van der Waals surface area (Å²) in [5, 5.41) is 75.6. The number of amides is 1. The molecule has 0 spiro atoms. The molecule has 0 radical (unpaired) electrons. The summed E-state index contributed by atoms with van der Waals surface area (Å²) in [6.07, 6.45) is 29.9. The molecule has 0 saturated carbocycles. The maximum absolute atomic E-state index is 13.1. The van der Waals surface area contributed by atoms with Gasteiger partial charge in [-0.05, 0) is 19.3 Å². The van der Waals surface area contributed by atoms with E-state index in [9.17, 15) is 40.5 Å². The lowest BCUT2D eigenvalue weighted by molar-refractivity contribution is -0.303. The molecule has 11 nitrogen and oxygen atoms in total. The Morgan fingerprint density at radius 3 is 1.46 bits per heavy atom. The lowest BCUT2D eigenvalue weighted by atomic mass is 9.98. The molecule has 1 amide bonds. The van der Waals surface area contributed by atoms with Crippen molar-refractivity contribution < 1.29 is 50.0 Å². The average Bonchev–Trinajstić information content (AvgIpc) is 3.23. The molecular formula is C48H93NO10. The first kappa shape index (κ1) is 55.9. The van der Waals surface area contributed by atoms with Crippen LogP contribution in [0.5, 0.6) is 0 Å². The van der Waals surface area contributed by atoms with E-state index < -0.39 is 74.2 Å². The van der Waals surface area contributed by atoms with Crippen molar-refractivity contribution >= 4 is 5.91 Å². The number of hydrogen-bond acceptors (Lipinski definition) is 10. The second-order valence-electron chi connectivity index (χ2n) is 17.5. The first-order chi connectivity index (χ1) is 28.7. The zero-order chi connectivity index (χ0) is 43.4. The van der Waals surface area contributed by atoms with Crippen LogP contribution in [0.1, 0.15) is 219 Å². The molecule has 350 valence electrons. The standard InChI is InChI=1S/C48H93NO10/c1-3-5-7-9-11-13-15-17-18-19-20-21-22-23-24-26-28-30-32-34-36-41(52)47(57)49-39(38-58-48-46(56)45(55)44(54)42(37-50)59-48)43(53)40(51)35-33-31-29-27-25-16-14-12-10-8-6-4-2/h32,34,39-46,48,50-56H,3-31,33,35-38H2,1-2H3,(H,49,57). The number of carbonyl (C=O) groups is 1. The topological polar surface area (TPSA) is 189 Å². The number of ether oxygens (including phenoxy) is 2. The zero-order valence-electron chi connectivity index (χ0n) is 37.7. The van der Waals surface area contributed by atoms with E-state index in [1.54, 1.807) is 6.08 Å². The van der Waals surface area contributed by atoms with Gasteiger partial charge in [0.25, 0.3) is 0 Å². The van der Waals surface area contributed by atoms with E-state index in [1.165, 1.54) is 148 Å². The highest BCUT2D eigenvalue weighted by molar-refractivity contribution is 5.81. The third-order valence-electron chi connectivity index (χ3n) is 12.1. The van der Waals surface area contributed by atoms with Crippen molar-refractivity contribution in [2.75, 3.05) is 13.2 Å². The van der Waals surface area contributed by atoms with Crippen LogP contribution in [0, 0.1) is 0 Å². The van der Waals surface area contributed by atoms with E-state index in [4.69, 9.17) is 9.47 Å². The van der Waals surface area contributed by atoms with Crippen molar-refractivity contribution in [3.8, 4) is 0 Å². The third kappa shape index (κ3) is 28.2. The fraction of sp³-hybridized carbons (Fsp3) is 0.938. The Morgan fingerprint density at radius 2 is 1.02 bits per heavy atom. The van der Waals surface area contributed by atoms with Gasteiger partial charge in [-0.25, -0.2) is 0 Å². The first-order valence-corrected chi connectivity index (χ1v) is 24.6. The van der Waals surface area contributed by atoms with Crippen LogP contribution in [0.3, 0.4) is 0 Å². The van der Waals surface area contributed by atoms with Crippen LogP contribution >= 0.6 is 0 Å². The van der Waals surface area contributed by atoms with Gasteiger partial charge in [0, 0.05) is 6.42 Å². The molecule has 0 bridgehead atoms. The van der Waals surface area contributed by atoms with Gasteiger partial charge in [-0.2, -0.15) is 0 Å². The normalized spacial score (nSPS) is 21.8. The summed E-state index contributed by atoms with van der Waals surface area (Å²) < 4.78 is 11.1. The molecule has 0 aromatic rings. The SMILES string of the molecule is CCCCCCCCCCCCCCCCCCCC=CCC(O)C(=O)NC(COC1OC(CO)C(O)C(O)C1O)C(O)C(O)CCCCCCCCCCCCCC. The maximum Gasteiger partial charge on any atom is 0.249 e. The Bertz CT molecular complexity index is 970. The minimum Gasteiger partial charge on any atom is -0.394 e.